The van der Waals surface area contributed by atoms with Crippen molar-refractivity contribution < 1.29 is 4.79 Å². The summed E-state index contributed by atoms with van der Waals surface area (Å²) in [6.07, 6.45) is 1.72. The topological polar surface area (TPSA) is 72.2 Å². The van der Waals surface area contributed by atoms with E-state index >= 15 is 0 Å². The number of hydrazone groups is 1. The third-order valence-corrected chi connectivity index (χ3v) is 6.74. The van der Waals surface area contributed by atoms with E-state index in [9.17, 15) is 4.79 Å². The van der Waals surface area contributed by atoms with Crippen molar-refractivity contribution in [2.24, 2.45) is 12.1 Å². The van der Waals surface area contributed by atoms with E-state index in [1.54, 1.807) is 6.21 Å². The molecular formula is C26H20ClN5OS. The van der Waals surface area contributed by atoms with Gasteiger partial charge in [-0.25, -0.2) is 5.43 Å². The third kappa shape index (κ3) is 4.53. The molecule has 0 aliphatic rings. The number of fused-ring (bicyclic) bond motifs is 2. The molecule has 1 heterocycles. The molecular weight excluding hydrogens is 466 g/mol. The van der Waals surface area contributed by atoms with E-state index in [1.165, 1.54) is 11.8 Å². The number of rotatable bonds is 6. The van der Waals surface area contributed by atoms with Gasteiger partial charge >= 0.3 is 0 Å². The first-order chi connectivity index (χ1) is 16.6. The Morgan fingerprint density at radius 3 is 2.32 bits per heavy atom. The predicted molar refractivity (Wildman–Crippen MR) is 139 cm³/mol. The lowest BCUT2D eigenvalue weighted by Gasteiger charge is -2.08. The van der Waals surface area contributed by atoms with E-state index in [2.05, 4.69) is 51.1 Å². The van der Waals surface area contributed by atoms with Crippen LogP contribution < -0.4 is 5.43 Å². The van der Waals surface area contributed by atoms with Gasteiger partial charge in [0, 0.05) is 23.2 Å². The molecule has 1 aromatic heterocycles. The molecule has 0 unspecified atom stereocenters. The zero-order valence-corrected chi connectivity index (χ0v) is 19.8. The summed E-state index contributed by atoms with van der Waals surface area (Å²) < 4.78 is 1.85. The molecule has 0 bridgehead atoms. The molecule has 6 nitrogen and oxygen atoms in total. The van der Waals surface area contributed by atoms with Crippen molar-refractivity contribution >= 4 is 57.0 Å². The zero-order chi connectivity index (χ0) is 23.5. The van der Waals surface area contributed by atoms with Gasteiger partial charge in [0.1, 0.15) is 0 Å². The molecule has 4 aromatic carbocycles. The smallest absolute Gasteiger partial charge is 0.250 e. The van der Waals surface area contributed by atoms with Gasteiger partial charge in [-0.2, -0.15) is 5.10 Å². The number of nitrogens with zero attached hydrogens (tertiary/aromatic N) is 4. The Bertz CT molecular complexity index is 1470. The Labute approximate surface area is 205 Å². The lowest BCUT2D eigenvalue weighted by atomic mass is 9.97. The molecule has 0 aliphatic carbocycles. The van der Waals surface area contributed by atoms with E-state index in [-0.39, 0.29) is 11.7 Å². The summed E-state index contributed by atoms with van der Waals surface area (Å²) >= 11 is 7.27. The lowest BCUT2D eigenvalue weighted by Crippen LogP contribution is -2.20. The first kappa shape index (κ1) is 22.1. The Kier molecular flexibility index (Phi) is 6.29. The van der Waals surface area contributed by atoms with Crippen LogP contribution in [0.2, 0.25) is 5.02 Å². The highest BCUT2D eigenvalue weighted by atomic mass is 35.5. The second-order valence-electron chi connectivity index (χ2n) is 7.69. The normalized spacial score (nSPS) is 11.5. The Hall–Kier alpha value is -3.68. The first-order valence-corrected chi connectivity index (χ1v) is 12.0. The number of thioether (sulfide) groups is 1. The van der Waals surface area contributed by atoms with E-state index in [1.807, 2.05) is 60.1 Å². The van der Waals surface area contributed by atoms with Crippen LogP contribution >= 0.6 is 23.4 Å². The molecule has 1 amide bonds. The molecule has 8 heteroatoms. The number of halogens is 1. The fraction of sp³-hybridized carbons (Fsp3) is 0.0769. The first-order valence-electron chi connectivity index (χ1n) is 10.6. The molecule has 5 aromatic rings. The highest BCUT2D eigenvalue weighted by Crippen LogP contribution is 2.27. The van der Waals surface area contributed by atoms with E-state index in [0.29, 0.717) is 16.0 Å². The second kappa shape index (κ2) is 9.67. The number of hydrogen-bond donors (Lipinski definition) is 1. The summed E-state index contributed by atoms with van der Waals surface area (Å²) in [6, 6.07) is 25.9. The van der Waals surface area contributed by atoms with E-state index in [0.717, 1.165) is 32.7 Å². The number of carbonyl (C=O) groups is 1. The fourth-order valence-electron chi connectivity index (χ4n) is 3.81. The minimum Gasteiger partial charge on any atom is -0.305 e. The van der Waals surface area contributed by atoms with Crippen LogP contribution in [0.25, 0.3) is 32.9 Å². The maximum Gasteiger partial charge on any atom is 0.250 e. The van der Waals surface area contributed by atoms with Gasteiger partial charge in [-0.05, 0) is 51.9 Å². The minimum atomic E-state index is -0.221. The Balaban J connectivity index is 1.28. The molecule has 0 aliphatic heterocycles. The molecule has 0 atom stereocenters. The summed E-state index contributed by atoms with van der Waals surface area (Å²) in [5.41, 5.74) is 4.51. The van der Waals surface area contributed by atoms with Crippen molar-refractivity contribution in [2.45, 2.75) is 5.16 Å². The van der Waals surface area contributed by atoms with Crippen LogP contribution in [0.15, 0.2) is 89.1 Å². The maximum atomic E-state index is 12.4. The molecule has 0 fully saturated rings. The summed E-state index contributed by atoms with van der Waals surface area (Å²) in [7, 11) is 1.87. The molecule has 34 heavy (non-hydrogen) atoms. The zero-order valence-electron chi connectivity index (χ0n) is 18.3. The largest absolute Gasteiger partial charge is 0.305 e. The van der Waals surface area contributed by atoms with Crippen molar-refractivity contribution in [3.8, 4) is 11.4 Å². The van der Waals surface area contributed by atoms with Gasteiger partial charge in [-0.15, -0.1) is 10.2 Å². The van der Waals surface area contributed by atoms with Crippen molar-refractivity contribution in [2.75, 3.05) is 5.75 Å². The monoisotopic (exact) mass is 485 g/mol. The van der Waals surface area contributed by atoms with Crippen molar-refractivity contribution in [3.05, 3.63) is 89.4 Å². The van der Waals surface area contributed by atoms with Gasteiger partial charge in [0.05, 0.1) is 12.0 Å². The molecule has 1 N–H and O–H groups in total. The van der Waals surface area contributed by atoms with Crippen LogP contribution in [0.5, 0.6) is 0 Å². The highest BCUT2D eigenvalue weighted by molar-refractivity contribution is 7.99. The summed E-state index contributed by atoms with van der Waals surface area (Å²) in [4.78, 5) is 12.4. The third-order valence-electron chi connectivity index (χ3n) is 5.47. The standard InChI is InChI=1S/C26H20ClN5OS/c1-32-25(17-10-12-20(27)13-11-17)30-31-26(32)34-16-24(33)29-28-15-23-21-8-4-2-6-18(21)14-19-7-3-5-9-22(19)23/h2-15H,16H2,1H3,(H,29,33)/b28-15-. The summed E-state index contributed by atoms with van der Waals surface area (Å²) in [6.45, 7) is 0. The molecule has 5 rings (SSSR count). The Morgan fingerprint density at radius 2 is 1.65 bits per heavy atom. The average Bonchev–Trinajstić information content (AvgIpc) is 3.23. The van der Waals surface area contributed by atoms with Gasteiger partial charge in [-0.1, -0.05) is 71.9 Å². The van der Waals surface area contributed by atoms with Gasteiger partial charge in [0.25, 0.3) is 5.91 Å². The van der Waals surface area contributed by atoms with Crippen LogP contribution in [-0.2, 0) is 11.8 Å². The SMILES string of the molecule is Cn1c(SCC(=O)N/N=C\c2c3ccccc3cc3ccccc23)nnc1-c1ccc(Cl)cc1. The van der Waals surface area contributed by atoms with Crippen molar-refractivity contribution in [1.29, 1.82) is 0 Å². The van der Waals surface area contributed by atoms with Crippen LogP contribution in [0, 0.1) is 0 Å². The number of aromatic nitrogens is 3. The van der Waals surface area contributed by atoms with Gasteiger partial charge in [0.15, 0.2) is 11.0 Å². The average molecular weight is 486 g/mol. The van der Waals surface area contributed by atoms with Crippen molar-refractivity contribution in [3.63, 3.8) is 0 Å². The number of hydrogen-bond acceptors (Lipinski definition) is 5. The second-order valence-corrected chi connectivity index (χ2v) is 9.07. The van der Waals surface area contributed by atoms with Crippen LogP contribution in [0.3, 0.4) is 0 Å². The molecule has 0 radical (unpaired) electrons. The molecule has 0 saturated carbocycles. The summed E-state index contributed by atoms with van der Waals surface area (Å²) in [5.74, 6) is 0.655. The minimum absolute atomic E-state index is 0.167. The van der Waals surface area contributed by atoms with Gasteiger partial charge in [-0.3, -0.25) is 4.79 Å². The number of nitrogens with one attached hydrogen (secondary N) is 1. The fourth-order valence-corrected chi connectivity index (χ4v) is 4.64. The predicted octanol–water partition coefficient (Wildman–Crippen LogP) is 5.68. The quantitative estimate of drug-likeness (QED) is 0.145. The lowest BCUT2D eigenvalue weighted by molar-refractivity contribution is -0.118. The van der Waals surface area contributed by atoms with Gasteiger partial charge in [0.2, 0.25) is 0 Å². The number of carbonyl (C=O) groups excluding carboxylic acids is 1. The van der Waals surface area contributed by atoms with Crippen molar-refractivity contribution in [1.82, 2.24) is 20.2 Å². The number of benzene rings is 4. The van der Waals surface area contributed by atoms with Crippen LogP contribution in [0.4, 0.5) is 0 Å². The van der Waals surface area contributed by atoms with Crippen LogP contribution in [-0.4, -0.2) is 32.6 Å². The van der Waals surface area contributed by atoms with Crippen LogP contribution in [0.1, 0.15) is 5.56 Å². The number of amides is 1. The van der Waals surface area contributed by atoms with Gasteiger partial charge < -0.3 is 4.57 Å². The molecule has 0 spiro atoms. The Morgan fingerprint density at radius 1 is 1.00 bits per heavy atom. The highest BCUT2D eigenvalue weighted by Gasteiger charge is 2.13. The van der Waals surface area contributed by atoms with E-state index < -0.39 is 0 Å². The maximum absolute atomic E-state index is 12.4. The van der Waals surface area contributed by atoms with E-state index in [4.69, 9.17) is 11.6 Å². The molecule has 168 valence electrons. The molecule has 0 saturated heterocycles. The summed E-state index contributed by atoms with van der Waals surface area (Å²) in [5, 5.41) is 18.4.